The molecular formula is C19H21ClN2O3. The van der Waals surface area contributed by atoms with Crippen LogP contribution in [0.15, 0.2) is 48.5 Å². The Balaban J connectivity index is 1.42. The molecular weight excluding hydrogens is 340 g/mol. The van der Waals surface area contributed by atoms with E-state index >= 15 is 0 Å². The fourth-order valence-corrected chi connectivity index (χ4v) is 2.78. The van der Waals surface area contributed by atoms with Crippen LogP contribution in [0.5, 0.6) is 5.75 Å². The van der Waals surface area contributed by atoms with Gasteiger partial charge in [0.15, 0.2) is 0 Å². The van der Waals surface area contributed by atoms with Crippen molar-refractivity contribution in [2.24, 2.45) is 0 Å². The standard InChI is InChI=1S/C19H21ClN2O3/c20-14-3-1-4-16(11-14)22-19(23)12-21-15-6-8-17(9-7-15)25-13-18-5-2-10-24-18/h1,3-4,6-9,11,18,21H,2,5,10,12-13H2,(H,22,23). The Morgan fingerprint density at radius 2 is 2.04 bits per heavy atom. The minimum atomic E-state index is -0.138. The first-order chi connectivity index (χ1) is 12.2. The van der Waals surface area contributed by atoms with Gasteiger partial charge in [0.05, 0.1) is 12.6 Å². The topological polar surface area (TPSA) is 59.6 Å². The molecule has 0 saturated carbocycles. The molecule has 1 amide bonds. The van der Waals surface area contributed by atoms with Crippen LogP contribution < -0.4 is 15.4 Å². The maximum atomic E-state index is 12.0. The number of anilines is 2. The Morgan fingerprint density at radius 3 is 2.76 bits per heavy atom. The van der Waals surface area contributed by atoms with E-state index in [0.717, 1.165) is 30.9 Å². The van der Waals surface area contributed by atoms with E-state index < -0.39 is 0 Å². The van der Waals surface area contributed by atoms with E-state index in [-0.39, 0.29) is 18.6 Å². The Hall–Kier alpha value is -2.24. The largest absolute Gasteiger partial charge is 0.491 e. The molecule has 2 aromatic carbocycles. The molecule has 132 valence electrons. The Kier molecular flexibility index (Phi) is 6.14. The summed E-state index contributed by atoms with van der Waals surface area (Å²) >= 11 is 5.90. The summed E-state index contributed by atoms with van der Waals surface area (Å²) in [5.74, 6) is 0.658. The van der Waals surface area contributed by atoms with E-state index in [9.17, 15) is 4.79 Å². The SMILES string of the molecule is O=C(CNc1ccc(OCC2CCCO2)cc1)Nc1cccc(Cl)c1. The van der Waals surface area contributed by atoms with E-state index in [1.165, 1.54) is 0 Å². The molecule has 1 aliphatic heterocycles. The van der Waals surface area contributed by atoms with Crippen LogP contribution in [0.25, 0.3) is 0 Å². The molecule has 1 saturated heterocycles. The highest BCUT2D eigenvalue weighted by atomic mass is 35.5. The highest BCUT2D eigenvalue weighted by molar-refractivity contribution is 6.30. The zero-order chi connectivity index (χ0) is 17.5. The Bertz CT molecular complexity index is 700. The molecule has 3 rings (SSSR count). The number of amides is 1. The van der Waals surface area contributed by atoms with Crippen molar-refractivity contribution < 1.29 is 14.3 Å². The van der Waals surface area contributed by atoms with Crippen LogP contribution >= 0.6 is 11.6 Å². The van der Waals surface area contributed by atoms with Crippen LogP contribution in [0, 0.1) is 0 Å². The lowest BCUT2D eigenvalue weighted by atomic mass is 10.2. The summed E-state index contributed by atoms with van der Waals surface area (Å²) < 4.78 is 11.2. The van der Waals surface area contributed by atoms with Crippen molar-refractivity contribution in [2.45, 2.75) is 18.9 Å². The summed E-state index contributed by atoms with van der Waals surface area (Å²) in [7, 11) is 0. The van der Waals surface area contributed by atoms with Crippen LogP contribution in [0.3, 0.4) is 0 Å². The van der Waals surface area contributed by atoms with Gasteiger partial charge in [0.2, 0.25) is 5.91 Å². The second-order valence-corrected chi connectivity index (χ2v) is 6.32. The molecule has 0 spiro atoms. The lowest BCUT2D eigenvalue weighted by Crippen LogP contribution is -2.21. The first-order valence-corrected chi connectivity index (χ1v) is 8.70. The molecule has 2 aromatic rings. The molecule has 0 bridgehead atoms. The van der Waals surface area contributed by atoms with Crippen LogP contribution in [-0.2, 0) is 9.53 Å². The second kappa shape index (κ2) is 8.74. The predicted octanol–water partition coefficient (Wildman–Crippen LogP) is 3.95. The number of carbonyl (C=O) groups is 1. The highest BCUT2D eigenvalue weighted by Crippen LogP contribution is 2.18. The van der Waals surface area contributed by atoms with Gasteiger partial charge in [0, 0.05) is 23.0 Å². The predicted molar refractivity (Wildman–Crippen MR) is 99.5 cm³/mol. The van der Waals surface area contributed by atoms with Gasteiger partial charge >= 0.3 is 0 Å². The van der Waals surface area contributed by atoms with Gasteiger partial charge in [-0.3, -0.25) is 4.79 Å². The van der Waals surface area contributed by atoms with E-state index in [0.29, 0.717) is 17.3 Å². The summed E-state index contributed by atoms with van der Waals surface area (Å²) in [6.45, 7) is 1.57. The Labute approximate surface area is 152 Å². The molecule has 0 aromatic heterocycles. The zero-order valence-corrected chi connectivity index (χ0v) is 14.6. The highest BCUT2D eigenvalue weighted by Gasteiger charge is 2.15. The van der Waals surface area contributed by atoms with Gasteiger partial charge in [0.25, 0.3) is 0 Å². The van der Waals surface area contributed by atoms with Crippen molar-refractivity contribution in [3.63, 3.8) is 0 Å². The number of carbonyl (C=O) groups excluding carboxylic acids is 1. The van der Waals surface area contributed by atoms with Crippen molar-refractivity contribution >= 4 is 28.9 Å². The molecule has 1 aliphatic rings. The number of halogens is 1. The molecule has 1 atom stereocenters. The average Bonchev–Trinajstić information content (AvgIpc) is 3.13. The minimum absolute atomic E-state index is 0.138. The second-order valence-electron chi connectivity index (χ2n) is 5.88. The van der Waals surface area contributed by atoms with E-state index in [2.05, 4.69) is 10.6 Å². The van der Waals surface area contributed by atoms with Gasteiger partial charge in [0.1, 0.15) is 12.4 Å². The number of hydrogen-bond acceptors (Lipinski definition) is 4. The summed E-state index contributed by atoms with van der Waals surface area (Å²) in [5, 5.41) is 6.46. The fraction of sp³-hybridized carbons (Fsp3) is 0.316. The normalized spacial score (nSPS) is 16.4. The van der Waals surface area contributed by atoms with Gasteiger partial charge < -0.3 is 20.1 Å². The number of hydrogen-bond donors (Lipinski definition) is 2. The van der Waals surface area contributed by atoms with Crippen LogP contribution in [0.2, 0.25) is 5.02 Å². The molecule has 0 aliphatic carbocycles. The minimum Gasteiger partial charge on any atom is -0.491 e. The van der Waals surface area contributed by atoms with Crippen LogP contribution in [0.4, 0.5) is 11.4 Å². The zero-order valence-electron chi connectivity index (χ0n) is 13.8. The molecule has 0 radical (unpaired) electrons. The quantitative estimate of drug-likeness (QED) is 0.785. The molecule has 1 fully saturated rings. The number of benzene rings is 2. The molecule has 2 N–H and O–H groups in total. The maximum Gasteiger partial charge on any atom is 0.243 e. The van der Waals surface area contributed by atoms with Crippen LogP contribution in [-0.4, -0.2) is 31.8 Å². The monoisotopic (exact) mass is 360 g/mol. The molecule has 6 heteroatoms. The average molecular weight is 361 g/mol. The third-order valence-corrected chi connectivity index (χ3v) is 4.11. The summed E-state index contributed by atoms with van der Waals surface area (Å²) in [6.07, 6.45) is 2.36. The fourth-order valence-electron chi connectivity index (χ4n) is 2.59. The van der Waals surface area contributed by atoms with Crippen molar-refractivity contribution in [2.75, 3.05) is 30.4 Å². The van der Waals surface area contributed by atoms with E-state index in [4.69, 9.17) is 21.1 Å². The van der Waals surface area contributed by atoms with Crippen molar-refractivity contribution in [3.05, 3.63) is 53.6 Å². The first kappa shape index (κ1) is 17.6. The van der Waals surface area contributed by atoms with Gasteiger partial charge in [-0.15, -0.1) is 0 Å². The third-order valence-electron chi connectivity index (χ3n) is 3.88. The van der Waals surface area contributed by atoms with Crippen molar-refractivity contribution in [3.8, 4) is 5.75 Å². The molecule has 5 nitrogen and oxygen atoms in total. The lowest BCUT2D eigenvalue weighted by molar-refractivity contribution is -0.114. The van der Waals surface area contributed by atoms with Gasteiger partial charge in [-0.2, -0.15) is 0 Å². The molecule has 1 unspecified atom stereocenters. The van der Waals surface area contributed by atoms with Crippen molar-refractivity contribution in [1.82, 2.24) is 0 Å². The smallest absolute Gasteiger partial charge is 0.243 e. The Morgan fingerprint density at radius 1 is 1.20 bits per heavy atom. The lowest BCUT2D eigenvalue weighted by Gasteiger charge is -2.12. The maximum absolute atomic E-state index is 12.0. The van der Waals surface area contributed by atoms with Crippen LogP contribution in [0.1, 0.15) is 12.8 Å². The van der Waals surface area contributed by atoms with Gasteiger partial charge in [-0.05, 0) is 55.3 Å². The molecule has 25 heavy (non-hydrogen) atoms. The summed E-state index contributed by atoms with van der Waals surface area (Å²) in [5.41, 5.74) is 1.53. The van der Waals surface area contributed by atoms with E-state index in [1.807, 2.05) is 24.3 Å². The number of ether oxygens (including phenoxy) is 2. The third kappa shape index (κ3) is 5.66. The molecule has 1 heterocycles. The number of rotatable bonds is 7. The first-order valence-electron chi connectivity index (χ1n) is 8.33. The summed E-state index contributed by atoms with van der Waals surface area (Å²) in [6, 6.07) is 14.6. The van der Waals surface area contributed by atoms with Gasteiger partial charge in [-0.1, -0.05) is 17.7 Å². The van der Waals surface area contributed by atoms with Crippen molar-refractivity contribution in [1.29, 1.82) is 0 Å². The van der Waals surface area contributed by atoms with E-state index in [1.54, 1.807) is 24.3 Å². The number of nitrogens with one attached hydrogen (secondary N) is 2. The van der Waals surface area contributed by atoms with Gasteiger partial charge in [-0.25, -0.2) is 0 Å². The summed E-state index contributed by atoms with van der Waals surface area (Å²) in [4.78, 5) is 12.0.